The summed E-state index contributed by atoms with van der Waals surface area (Å²) in [6.07, 6.45) is 5.34. The summed E-state index contributed by atoms with van der Waals surface area (Å²) in [6.45, 7) is 3.13. The van der Waals surface area contributed by atoms with E-state index < -0.39 is 0 Å². The van der Waals surface area contributed by atoms with Gasteiger partial charge in [0.2, 0.25) is 5.89 Å². The van der Waals surface area contributed by atoms with Crippen LogP contribution in [0.25, 0.3) is 11.1 Å². The van der Waals surface area contributed by atoms with Crippen LogP contribution in [-0.4, -0.2) is 46.1 Å². The molecule has 0 spiro atoms. The highest BCUT2D eigenvalue weighted by atomic mass is 16.5. The van der Waals surface area contributed by atoms with Crippen LogP contribution in [-0.2, 0) is 0 Å². The molecule has 0 unspecified atom stereocenters. The van der Waals surface area contributed by atoms with E-state index in [0.29, 0.717) is 29.6 Å². The molecule has 1 amide bonds. The van der Waals surface area contributed by atoms with E-state index in [9.17, 15) is 4.79 Å². The summed E-state index contributed by atoms with van der Waals surface area (Å²) in [5.74, 6) is 2.10. The van der Waals surface area contributed by atoms with Crippen LogP contribution in [0, 0.1) is 6.92 Å². The molecule has 1 aliphatic heterocycles. The molecule has 3 aromatic rings. The van der Waals surface area contributed by atoms with Gasteiger partial charge in [-0.3, -0.25) is 9.78 Å². The number of nitrogens with zero attached hydrogens (tertiary/aromatic N) is 4. The van der Waals surface area contributed by atoms with Crippen LogP contribution in [0.15, 0.2) is 47.2 Å². The lowest BCUT2D eigenvalue weighted by Gasteiger charge is -2.31. The van der Waals surface area contributed by atoms with Gasteiger partial charge in [0.25, 0.3) is 5.91 Å². The van der Waals surface area contributed by atoms with E-state index in [0.717, 1.165) is 30.5 Å². The zero-order valence-electron chi connectivity index (χ0n) is 16.0. The molecule has 0 aliphatic carbocycles. The lowest BCUT2D eigenvalue weighted by Crippen LogP contribution is -2.39. The lowest BCUT2D eigenvalue weighted by atomic mass is 9.96. The first-order valence-electron chi connectivity index (χ1n) is 9.33. The second-order valence-electron chi connectivity index (χ2n) is 6.95. The van der Waals surface area contributed by atoms with Gasteiger partial charge in [-0.05, 0) is 36.6 Å². The molecule has 2 aromatic heterocycles. The number of pyridine rings is 1. The number of carbonyl (C=O) groups excluding carboxylic acids is 1. The quantitative estimate of drug-likeness (QED) is 0.691. The highest BCUT2D eigenvalue weighted by molar-refractivity contribution is 5.94. The second kappa shape index (κ2) is 7.80. The Morgan fingerprint density at radius 1 is 1.21 bits per heavy atom. The van der Waals surface area contributed by atoms with E-state index in [1.807, 2.05) is 35.2 Å². The lowest BCUT2D eigenvalue weighted by molar-refractivity contribution is 0.0703. The fourth-order valence-electron chi connectivity index (χ4n) is 3.53. The third-order valence-corrected chi connectivity index (χ3v) is 5.03. The number of carbonyl (C=O) groups is 1. The van der Waals surface area contributed by atoms with Crippen molar-refractivity contribution in [2.75, 3.05) is 20.2 Å². The predicted molar refractivity (Wildman–Crippen MR) is 103 cm³/mol. The van der Waals surface area contributed by atoms with Gasteiger partial charge in [-0.2, -0.15) is 4.98 Å². The number of aryl methyl sites for hydroxylation is 1. The monoisotopic (exact) mass is 378 g/mol. The molecule has 3 heterocycles. The Bertz CT molecular complexity index is 968. The molecule has 1 atom stereocenters. The van der Waals surface area contributed by atoms with Crippen molar-refractivity contribution < 1.29 is 14.1 Å². The number of piperidine rings is 1. The minimum Gasteiger partial charge on any atom is -0.495 e. The summed E-state index contributed by atoms with van der Waals surface area (Å²) in [5, 5.41) is 4.03. The highest BCUT2D eigenvalue weighted by Gasteiger charge is 2.28. The fraction of sp³-hybridized carbons (Fsp3) is 0.333. The molecule has 1 aliphatic rings. The van der Waals surface area contributed by atoms with Crippen LogP contribution in [0.4, 0.5) is 0 Å². The zero-order chi connectivity index (χ0) is 19.5. The molecule has 0 N–H and O–H groups in total. The number of aromatic nitrogens is 3. The van der Waals surface area contributed by atoms with Gasteiger partial charge in [-0.25, -0.2) is 0 Å². The Morgan fingerprint density at radius 2 is 2.04 bits per heavy atom. The average Bonchev–Trinajstić information content (AvgIpc) is 3.20. The van der Waals surface area contributed by atoms with Crippen LogP contribution in [0.3, 0.4) is 0 Å². The van der Waals surface area contributed by atoms with Gasteiger partial charge in [-0.15, -0.1) is 0 Å². The summed E-state index contributed by atoms with van der Waals surface area (Å²) in [5.41, 5.74) is 2.61. The topological polar surface area (TPSA) is 81.4 Å². The van der Waals surface area contributed by atoms with Gasteiger partial charge in [0.15, 0.2) is 5.82 Å². The van der Waals surface area contributed by atoms with Crippen LogP contribution >= 0.6 is 0 Å². The van der Waals surface area contributed by atoms with Crippen molar-refractivity contribution in [1.29, 1.82) is 0 Å². The first kappa shape index (κ1) is 18.2. The van der Waals surface area contributed by atoms with E-state index in [-0.39, 0.29) is 11.8 Å². The molecular weight excluding hydrogens is 356 g/mol. The van der Waals surface area contributed by atoms with Crippen molar-refractivity contribution >= 4 is 5.91 Å². The first-order chi connectivity index (χ1) is 13.6. The normalized spacial score (nSPS) is 16.8. The standard InChI is InChI=1S/C21H22N4O3/c1-14-23-20(24-28-14)17-4-3-9-25(13-17)21(26)16-7-5-15(6-8-16)18-10-19(27-2)12-22-11-18/h5-8,10-12,17H,3-4,9,13H2,1-2H3/t17-/m0/s1. The maximum Gasteiger partial charge on any atom is 0.253 e. The minimum atomic E-state index is 0.0280. The number of amides is 1. The SMILES string of the molecule is COc1cncc(-c2ccc(C(=O)N3CCC[C@H](c4noc(C)n4)C3)cc2)c1. The van der Waals surface area contributed by atoms with Crippen LogP contribution in [0.5, 0.6) is 5.75 Å². The fourth-order valence-corrected chi connectivity index (χ4v) is 3.53. The molecule has 4 rings (SSSR count). The molecule has 0 radical (unpaired) electrons. The molecule has 144 valence electrons. The van der Waals surface area contributed by atoms with Gasteiger partial charge in [0.05, 0.1) is 13.3 Å². The number of methoxy groups -OCH3 is 1. The van der Waals surface area contributed by atoms with Gasteiger partial charge >= 0.3 is 0 Å². The van der Waals surface area contributed by atoms with Crippen LogP contribution in [0.2, 0.25) is 0 Å². The number of rotatable bonds is 4. The molecule has 1 fully saturated rings. The van der Waals surface area contributed by atoms with E-state index in [4.69, 9.17) is 9.26 Å². The summed E-state index contributed by atoms with van der Waals surface area (Å²) < 4.78 is 10.3. The van der Waals surface area contributed by atoms with E-state index >= 15 is 0 Å². The summed E-state index contributed by atoms with van der Waals surface area (Å²) >= 11 is 0. The van der Waals surface area contributed by atoms with E-state index in [1.54, 1.807) is 26.4 Å². The summed E-state index contributed by atoms with van der Waals surface area (Å²) in [7, 11) is 1.62. The first-order valence-corrected chi connectivity index (χ1v) is 9.33. The Morgan fingerprint density at radius 3 is 2.75 bits per heavy atom. The number of hydrogen-bond acceptors (Lipinski definition) is 6. The maximum absolute atomic E-state index is 13.0. The molecule has 28 heavy (non-hydrogen) atoms. The largest absolute Gasteiger partial charge is 0.495 e. The van der Waals surface area contributed by atoms with Crippen molar-refractivity contribution in [3.05, 3.63) is 60.0 Å². The Kier molecular flexibility index (Phi) is 5.06. The Hall–Kier alpha value is -3.22. The highest BCUT2D eigenvalue weighted by Crippen LogP contribution is 2.27. The van der Waals surface area contributed by atoms with Crippen molar-refractivity contribution in [3.63, 3.8) is 0 Å². The zero-order valence-corrected chi connectivity index (χ0v) is 16.0. The van der Waals surface area contributed by atoms with E-state index in [2.05, 4.69) is 15.1 Å². The predicted octanol–water partition coefficient (Wildman–Crippen LogP) is 3.47. The van der Waals surface area contributed by atoms with Gasteiger partial charge in [-0.1, -0.05) is 17.3 Å². The molecular formula is C21H22N4O3. The van der Waals surface area contributed by atoms with Crippen molar-refractivity contribution in [2.45, 2.75) is 25.7 Å². The third kappa shape index (κ3) is 3.74. The summed E-state index contributed by atoms with van der Waals surface area (Å²) in [6, 6.07) is 9.52. The molecule has 1 aromatic carbocycles. The van der Waals surface area contributed by atoms with Gasteiger partial charge < -0.3 is 14.2 Å². The second-order valence-corrected chi connectivity index (χ2v) is 6.95. The minimum absolute atomic E-state index is 0.0280. The Labute approximate surface area is 163 Å². The third-order valence-electron chi connectivity index (χ3n) is 5.03. The van der Waals surface area contributed by atoms with Gasteiger partial charge in [0, 0.05) is 43.3 Å². The van der Waals surface area contributed by atoms with Crippen LogP contribution in [0.1, 0.15) is 40.8 Å². The number of benzene rings is 1. The molecule has 0 bridgehead atoms. The summed E-state index contributed by atoms with van der Waals surface area (Å²) in [4.78, 5) is 23.3. The molecule has 7 nitrogen and oxygen atoms in total. The Balaban J connectivity index is 1.48. The number of hydrogen-bond donors (Lipinski definition) is 0. The average molecular weight is 378 g/mol. The van der Waals surface area contributed by atoms with Crippen molar-refractivity contribution in [2.24, 2.45) is 0 Å². The molecule has 1 saturated heterocycles. The smallest absolute Gasteiger partial charge is 0.253 e. The van der Waals surface area contributed by atoms with Crippen molar-refractivity contribution in [1.82, 2.24) is 20.0 Å². The molecule has 0 saturated carbocycles. The number of likely N-dealkylation sites (tertiary alicyclic amines) is 1. The molecule has 7 heteroatoms. The maximum atomic E-state index is 13.0. The van der Waals surface area contributed by atoms with Crippen LogP contribution < -0.4 is 4.74 Å². The van der Waals surface area contributed by atoms with Crippen molar-refractivity contribution in [3.8, 4) is 16.9 Å². The van der Waals surface area contributed by atoms with E-state index in [1.165, 1.54) is 0 Å². The van der Waals surface area contributed by atoms with Gasteiger partial charge in [0.1, 0.15) is 5.75 Å². The number of ether oxygens (including phenoxy) is 1.